The molecule has 0 aromatic heterocycles. The normalized spacial score (nSPS) is 14.1. The Balaban J connectivity index is 1.84. The van der Waals surface area contributed by atoms with Crippen molar-refractivity contribution in [1.29, 1.82) is 0 Å². The number of aryl methyl sites for hydroxylation is 1. The summed E-state index contributed by atoms with van der Waals surface area (Å²) in [6.45, 7) is 0. The fourth-order valence-electron chi connectivity index (χ4n) is 2.79. The van der Waals surface area contributed by atoms with E-state index in [0.717, 1.165) is 10.9 Å². The Bertz CT molecular complexity index is 807. The van der Waals surface area contributed by atoms with Gasteiger partial charge in [0.1, 0.15) is 5.76 Å². The third-order valence-electron chi connectivity index (χ3n) is 3.98. The number of fused-ring (bicyclic) bond motifs is 1. The molecule has 0 saturated carbocycles. The summed E-state index contributed by atoms with van der Waals surface area (Å²) in [6, 6.07) is 14.9. The molecule has 23 heavy (non-hydrogen) atoms. The van der Waals surface area contributed by atoms with Crippen molar-refractivity contribution in [2.75, 3.05) is 0 Å². The molecule has 1 aliphatic carbocycles. The Kier molecular flexibility index (Phi) is 4.44. The van der Waals surface area contributed by atoms with Crippen LogP contribution in [0.5, 0.6) is 0 Å². The molecule has 2 aromatic rings. The van der Waals surface area contributed by atoms with Gasteiger partial charge < -0.3 is 5.11 Å². The fourth-order valence-corrected chi connectivity index (χ4v) is 3.15. The Morgan fingerprint density at radius 2 is 1.61 bits per heavy atom. The van der Waals surface area contributed by atoms with Crippen LogP contribution < -0.4 is 0 Å². The van der Waals surface area contributed by atoms with Gasteiger partial charge in [0.15, 0.2) is 0 Å². The van der Waals surface area contributed by atoms with Crippen molar-refractivity contribution in [3.63, 3.8) is 0 Å². The monoisotopic (exact) mass is 370 g/mol. The van der Waals surface area contributed by atoms with E-state index in [-0.39, 0.29) is 16.9 Å². The van der Waals surface area contributed by atoms with E-state index < -0.39 is 11.6 Å². The van der Waals surface area contributed by atoms with Crippen molar-refractivity contribution < 1.29 is 14.7 Å². The third-order valence-corrected chi connectivity index (χ3v) is 4.48. The summed E-state index contributed by atoms with van der Waals surface area (Å²) in [5, 5.41) is 10.4. The first-order valence-corrected chi connectivity index (χ1v) is 8.22. The minimum Gasteiger partial charge on any atom is -0.507 e. The summed E-state index contributed by atoms with van der Waals surface area (Å²) >= 11 is 3.33. The zero-order valence-electron chi connectivity index (χ0n) is 12.4. The quantitative estimate of drug-likeness (QED) is 0.805. The second-order valence-corrected chi connectivity index (χ2v) is 6.43. The Labute approximate surface area is 142 Å². The third kappa shape index (κ3) is 3.13. The number of ketones is 2. The number of aliphatic hydroxyl groups excluding tert-OH is 1. The molecule has 116 valence electrons. The molecule has 1 aliphatic rings. The van der Waals surface area contributed by atoms with Crippen LogP contribution in [0.25, 0.3) is 5.76 Å². The molecule has 1 N–H and O–H groups in total. The molecule has 0 saturated heterocycles. The number of hydrogen-bond acceptors (Lipinski definition) is 3. The van der Waals surface area contributed by atoms with Crippen LogP contribution >= 0.6 is 15.9 Å². The van der Waals surface area contributed by atoms with Gasteiger partial charge >= 0.3 is 0 Å². The van der Waals surface area contributed by atoms with Crippen LogP contribution in [-0.2, 0) is 11.2 Å². The van der Waals surface area contributed by atoms with E-state index in [1.54, 1.807) is 18.2 Å². The lowest BCUT2D eigenvalue weighted by Gasteiger charge is -2.18. The van der Waals surface area contributed by atoms with Crippen LogP contribution in [0.15, 0.2) is 58.6 Å². The van der Waals surface area contributed by atoms with E-state index >= 15 is 0 Å². The molecule has 2 aromatic carbocycles. The molecule has 0 aliphatic heterocycles. The number of halogens is 1. The van der Waals surface area contributed by atoms with Crippen LogP contribution in [0.2, 0.25) is 0 Å². The maximum atomic E-state index is 12.2. The highest BCUT2D eigenvalue weighted by Gasteiger charge is 2.32. The molecule has 0 radical (unpaired) electrons. The second-order valence-electron chi connectivity index (χ2n) is 5.51. The fraction of sp³-hybridized carbons (Fsp3) is 0.158. The van der Waals surface area contributed by atoms with Gasteiger partial charge in [0, 0.05) is 21.2 Å². The maximum absolute atomic E-state index is 12.2. The summed E-state index contributed by atoms with van der Waals surface area (Å²) < 4.78 is 0.758. The maximum Gasteiger partial charge on any atom is 0.234 e. The van der Waals surface area contributed by atoms with E-state index in [0.29, 0.717) is 18.4 Å². The minimum atomic E-state index is -0.592. The van der Waals surface area contributed by atoms with E-state index in [1.807, 2.05) is 30.3 Å². The molecule has 0 atom stereocenters. The standard InChI is InChI=1S/C19H15BrO3/c20-13-9-10-14-16(11-13)17(21)15(19(23)18(14)22)8-4-7-12-5-2-1-3-6-12/h1-3,5-6,9-11,21H,4,7-8H2. The molecule has 3 rings (SSSR count). The Hall–Kier alpha value is -2.20. The van der Waals surface area contributed by atoms with Crippen molar-refractivity contribution in [2.24, 2.45) is 0 Å². The van der Waals surface area contributed by atoms with Gasteiger partial charge in [-0.1, -0.05) is 46.3 Å². The summed E-state index contributed by atoms with van der Waals surface area (Å²) in [4.78, 5) is 24.5. The van der Waals surface area contributed by atoms with Gasteiger partial charge in [-0.15, -0.1) is 0 Å². The van der Waals surface area contributed by atoms with E-state index in [2.05, 4.69) is 15.9 Å². The van der Waals surface area contributed by atoms with Crippen molar-refractivity contribution in [3.05, 3.63) is 75.3 Å². The number of aliphatic hydroxyl groups is 1. The lowest BCUT2D eigenvalue weighted by Crippen LogP contribution is -2.24. The number of hydrogen-bond donors (Lipinski definition) is 1. The number of carbonyl (C=O) groups is 2. The topological polar surface area (TPSA) is 54.4 Å². The zero-order chi connectivity index (χ0) is 16.4. The van der Waals surface area contributed by atoms with Crippen LogP contribution in [0, 0.1) is 0 Å². The first-order valence-electron chi connectivity index (χ1n) is 7.43. The molecule has 0 bridgehead atoms. The Morgan fingerprint density at radius 1 is 0.870 bits per heavy atom. The predicted octanol–water partition coefficient (Wildman–Crippen LogP) is 4.51. The Morgan fingerprint density at radius 3 is 2.35 bits per heavy atom. The lowest BCUT2D eigenvalue weighted by molar-refractivity contribution is -0.112. The number of carbonyl (C=O) groups excluding carboxylic acids is 2. The van der Waals surface area contributed by atoms with Crippen molar-refractivity contribution in [3.8, 4) is 0 Å². The average Bonchev–Trinajstić information content (AvgIpc) is 2.57. The van der Waals surface area contributed by atoms with Gasteiger partial charge in [-0.05, 0) is 43.0 Å². The van der Waals surface area contributed by atoms with Crippen molar-refractivity contribution >= 4 is 33.3 Å². The van der Waals surface area contributed by atoms with Crippen LogP contribution in [0.1, 0.15) is 34.3 Å². The van der Waals surface area contributed by atoms with Gasteiger partial charge in [-0.3, -0.25) is 9.59 Å². The van der Waals surface area contributed by atoms with Gasteiger partial charge in [0.25, 0.3) is 0 Å². The van der Waals surface area contributed by atoms with E-state index in [1.165, 1.54) is 5.56 Å². The number of rotatable bonds is 4. The van der Waals surface area contributed by atoms with Gasteiger partial charge in [0.2, 0.25) is 11.6 Å². The molecule has 4 heteroatoms. The zero-order valence-corrected chi connectivity index (χ0v) is 14.0. The molecule has 0 fully saturated rings. The second kappa shape index (κ2) is 6.50. The molecule has 0 spiro atoms. The lowest BCUT2D eigenvalue weighted by atomic mass is 9.86. The van der Waals surface area contributed by atoms with E-state index in [9.17, 15) is 14.7 Å². The predicted molar refractivity (Wildman–Crippen MR) is 92.4 cm³/mol. The molecular formula is C19H15BrO3. The van der Waals surface area contributed by atoms with Crippen molar-refractivity contribution in [1.82, 2.24) is 0 Å². The van der Waals surface area contributed by atoms with Crippen LogP contribution in [0.3, 0.4) is 0 Å². The van der Waals surface area contributed by atoms with Crippen LogP contribution in [0.4, 0.5) is 0 Å². The van der Waals surface area contributed by atoms with E-state index in [4.69, 9.17) is 0 Å². The smallest absolute Gasteiger partial charge is 0.234 e. The van der Waals surface area contributed by atoms with Crippen molar-refractivity contribution in [2.45, 2.75) is 19.3 Å². The summed E-state index contributed by atoms with van der Waals surface area (Å²) in [7, 11) is 0. The highest BCUT2D eigenvalue weighted by molar-refractivity contribution is 9.10. The molecule has 0 unspecified atom stereocenters. The molecule has 0 heterocycles. The minimum absolute atomic E-state index is 0.0704. The highest BCUT2D eigenvalue weighted by atomic mass is 79.9. The summed E-state index contributed by atoms with van der Waals surface area (Å²) in [5.41, 5.74) is 2.09. The molecule has 0 amide bonds. The number of allylic oxidation sites excluding steroid dienone is 1. The average molecular weight is 371 g/mol. The highest BCUT2D eigenvalue weighted by Crippen LogP contribution is 2.32. The first-order chi connectivity index (χ1) is 11.1. The SMILES string of the molecule is O=C1C(=O)c2ccc(Br)cc2C(O)=C1CCCc1ccccc1. The first kappa shape index (κ1) is 15.7. The summed E-state index contributed by atoms with van der Waals surface area (Å²) in [5.74, 6) is -1.20. The van der Waals surface area contributed by atoms with Gasteiger partial charge in [-0.2, -0.15) is 0 Å². The largest absolute Gasteiger partial charge is 0.507 e. The van der Waals surface area contributed by atoms with Crippen LogP contribution in [-0.4, -0.2) is 16.7 Å². The number of benzene rings is 2. The summed E-state index contributed by atoms with van der Waals surface area (Å²) in [6.07, 6.45) is 1.88. The molecule has 3 nitrogen and oxygen atoms in total. The van der Waals surface area contributed by atoms with Gasteiger partial charge in [-0.25, -0.2) is 0 Å². The number of Topliss-reactive ketones (excluding diaryl/α,β-unsaturated/α-hetero) is 2. The van der Waals surface area contributed by atoms with Gasteiger partial charge in [0.05, 0.1) is 0 Å². The molecular weight excluding hydrogens is 356 g/mol.